The predicted molar refractivity (Wildman–Crippen MR) is 70.9 cm³/mol. The predicted octanol–water partition coefficient (Wildman–Crippen LogP) is 1.92. The number of hydrogen-bond donors (Lipinski definition) is 1. The maximum Gasteiger partial charge on any atom is 0.250 e. The summed E-state index contributed by atoms with van der Waals surface area (Å²) in [6.45, 7) is 3.19. The van der Waals surface area contributed by atoms with Gasteiger partial charge >= 0.3 is 0 Å². The van der Waals surface area contributed by atoms with E-state index in [0.717, 1.165) is 17.3 Å². The highest BCUT2D eigenvalue weighted by molar-refractivity contribution is 9.10. The van der Waals surface area contributed by atoms with Crippen LogP contribution < -0.4 is 10.9 Å². The number of unbranched alkanes of at least 4 members (excludes halogenated alkanes) is 1. The van der Waals surface area contributed by atoms with E-state index < -0.39 is 0 Å². The average Bonchev–Trinajstić information content (AvgIpc) is 2.32. The van der Waals surface area contributed by atoms with Crippen LogP contribution in [0.15, 0.2) is 27.6 Å². The minimum atomic E-state index is 0.00536. The SMILES string of the molecule is CCC(=O)NCCCCn1cc(Br)ccc1=O. The lowest BCUT2D eigenvalue weighted by Crippen LogP contribution is -2.24. The molecule has 1 aromatic rings. The Hall–Kier alpha value is -1.10. The Morgan fingerprint density at radius 2 is 2.18 bits per heavy atom. The Balaban J connectivity index is 2.29. The second kappa shape index (κ2) is 7.27. The Morgan fingerprint density at radius 1 is 1.41 bits per heavy atom. The first-order valence-corrected chi connectivity index (χ1v) is 6.55. The van der Waals surface area contributed by atoms with Crippen LogP contribution in [-0.2, 0) is 11.3 Å². The summed E-state index contributed by atoms with van der Waals surface area (Å²) in [5.41, 5.74) is 0.00536. The van der Waals surface area contributed by atoms with Crippen molar-refractivity contribution >= 4 is 21.8 Å². The lowest BCUT2D eigenvalue weighted by atomic mass is 10.3. The molecular formula is C12H17BrN2O2. The van der Waals surface area contributed by atoms with Crippen LogP contribution in [0.4, 0.5) is 0 Å². The number of aryl methyl sites for hydroxylation is 1. The second-order valence-electron chi connectivity index (χ2n) is 3.79. The Morgan fingerprint density at radius 3 is 2.88 bits per heavy atom. The van der Waals surface area contributed by atoms with E-state index in [1.54, 1.807) is 22.9 Å². The van der Waals surface area contributed by atoms with Gasteiger partial charge in [0, 0.05) is 36.2 Å². The third-order valence-electron chi connectivity index (χ3n) is 2.42. The molecule has 0 atom stereocenters. The number of pyridine rings is 1. The molecule has 0 bridgehead atoms. The zero-order chi connectivity index (χ0) is 12.7. The van der Waals surface area contributed by atoms with E-state index in [2.05, 4.69) is 21.2 Å². The summed E-state index contributed by atoms with van der Waals surface area (Å²) < 4.78 is 2.57. The average molecular weight is 301 g/mol. The quantitative estimate of drug-likeness (QED) is 0.816. The molecule has 94 valence electrons. The number of carbonyl (C=O) groups excluding carboxylic acids is 1. The molecule has 0 aliphatic heterocycles. The fraction of sp³-hybridized carbons (Fsp3) is 0.500. The molecule has 0 spiro atoms. The number of nitrogens with one attached hydrogen (secondary N) is 1. The molecule has 1 rings (SSSR count). The fourth-order valence-electron chi connectivity index (χ4n) is 1.44. The maximum atomic E-state index is 11.5. The summed E-state index contributed by atoms with van der Waals surface area (Å²) in [6.07, 6.45) is 4.06. The van der Waals surface area contributed by atoms with Crippen molar-refractivity contribution in [3.8, 4) is 0 Å². The number of carbonyl (C=O) groups is 1. The highest BCUT2D eigenvalue weighted by Gasteiger charge is 1.98. The molecule has 4 nitrogen and oxygen atoms in total. The van der Waals surface area contributed by atoms with Gasteiger partial charge < -0.3 is 9.88 Å². The first-order valence-electron chi connectivity index (χ1n) is 5.76. The molecule has 1 amide bonds. The van der Waals surface area contributed by atoms with Crippen LogP contribution in [0, 0.1) is 0 Å². The molecule has 17 heavy (non-hydrogen) atoms. The highest BCUT2D eigenvalue weighted by Crippen LogP contribution is 2.05. The van der Waals surface area contributed by atoms with Crippen molar-refractivity contribution < 1.29 is 4.79 Å². The van der Waals surface area contributed by atoms with E-state index >= 15 is 0 Å². The van der Waals surface area contributed by atoms with E-state index in [-0.39, 0.29) is 11.5 Å². The summed E-state index contributed by atoms with van der Waals surface area (Å²) in [5, 5.41) is 2.81. The Kier molecular flexibility index (Phi) is 5.97. The first kappa shape index (κ1) is 14.0. The normalized spacial score (nSPS) is 10.2. The Bertz CT molecular complexity index is 429. The summed E-state index contributed by atoms with van der Waals surface area (Å²) in [7, 11) is 0. The lowest BCUT2D eigenvalue weighted by molar-refractivity contribution is -0.120. The second-order valence-corrected chi connectivity index (χ2v) is 4.71. The largest absolute Gasteiger partial charge is 0.356 e. The molecule has 1 aromatic heterocycles. The standard InChI is InChI=1S/C12H17BrN2O2/c1-2-11(16)14-7-3-4-8-15-9-10(13)5-6-12(15)17/h5-6,9H,2-4,7-8H2,1H3,(H,14,16). The molecular weight excluding hydrogens is 284 g/mol. The van der Waals surface area contributed by atoms with Crippen molar-refractivity contribution in [2.24, 2.45) is 0 Å². The first-order chi connectivity index (χ1) is 8.13. The van der Waals surface area contributed by atoms with Crippen molar-refractivity contribution in [2.45, 2.75) is 32.7 Å². The van der Waals surface area contributed by atoms with E-state index in [1.165, 1.54) is 0 Å². The molecule has 0 fully saturated rings. The molecule has 0 aliphatic rings. The van der Waals surface area contributed by atoms with Crippen LogP contribution in [0.3, 0.4) is 0 Å². The molecule has 0 saturated carbocycles. The summed E-state index contributed by atoms with van der Waals surface area (Å²) in [5.74, 6) is 0.0737. The topological polar surface area (TPSA) is 51.1 Å². The molecule has 0 radical (unpaired) electrons. The molecule has 1 N–H and O–H groups in total. The number of nitrogens with zero attached hydrogens (tertiary/aromatic N) is 1. The van der Waals surface area contributed by atoms with E-state index in [0.29, 0.717) is 19.5 Å². The van der Waals surface area contributed by atoms with Crippen LogP contribution in [-0.4, -0.2) is 17.0 Å². The van der Waals surface area contributed by atoms with Gasteiger partial charge in [-0.05, 0) is 34.8 Å². The van der Waals surface area contributed by atoms with E-state index in [4.69, 9.17) is 0 Å². The van der Waals surface area contributed by atoms with Gasteiger partial charge in [-0.2, -0.15) is 0 Å². The molecule has 0 saturated heterocycles. The number of amides is 1. The van der Waals surface area contributed by atoms with Gasteiger partial charge in [0.2, 0.25) is 5.91 Å². The van der Waals surface area contributed by atoms with Crippen LogP contribution in [0.2, 0.25) is 0 Å². The van der Waals surface area contributed by atoms with Gasteiger partial charge in [0.15, 0.2) is 0 Å². The number of hydrogen-bond acceptors (Lipinski definition) is 2. The number of halogens is 1. The third kappa shape index (κ3) is 5.17. The van der Waals surface area contributed by atoms with Gasteiger partial charge in [-0.15, -0.1) is 0 Å². The van der Waals surface area contributed by atoms with Gasteiger partial charge in [-0.3, -0.25) is 9.59 Å². The lowest BCUT2D eigenvalue weighted by Gasteiger charge is -2.06. The maximum absolute atomic E-state index is 11.5. The van der Waals surface area contributed by atoms with Crippen LogP contribution in [0.5, 0.6) is 0 Å². The van der Waals surface area contributed by atoms with Crippen LogP contribution >= 0.6 is 15.9 Å². The van der Waals surface area contributed by atoms with Gasteiger partial charge in [-0.1, -0.05) is 6.92 Å². The van der Waals surface area contributed by atoms with Gasteiger partial charge in [0.25, 0.3) is 5.56 Å². The van der Waals surface area contributed by atoms with Crippen molar-refractivity contribution in [3.05, 3.63) is 33.2 Å². The molecule has 5 heteroatoms. The third-order valence-corrected chi connectivity index (χ3v) is 2.89. The molecule has 0 aromatic carbocycles. The molecule has 1 heterocycles. The van der Waals surface area contributed by atoms with Crippen LogP contribution in [0.25, 0.3) is 0 Å². The number of aromatic nitrogens is 1. The summed E-state index contributed by atoms with van der Waals surface area (Å²) in [4.78, 5) is 22.4. The highest BCUT2D eigenvalue weighted by atomic mass is 79.9. The molecule has 0 aliphatic carbocycles. The minimum Gasteiger partial charge on any atom is -0.356 e. The van der Waals surface area contributed by atoms with E-state index in [9.17, 15) is 9.59 Å². The van der Waals surface area contributed by atoms with Crippen molar-refractivity contribution in [2.75, 3.05) is 6.54 Å². The zero-order valence-corrected chi connectivity index (χ0v) is 11.5. The van der Waals surface area contributed by atoms with Crippen molar-refractivity contribution in [3.63, 3.8) is 0 Å². The van der Waals surface area contributed by atoms with Gasteiger partial charge in [0.05, 0.1) is 0 Å². The zero-order valence-electron chi connectivity index (χ0n) is 9.91. The van der Waals surface area contributed by atoms with Gasteiger partial charge in [0.1, 0.15) is 0 Å². The van der Waals surface area contributed by atoms with Crippen molar-refractivity contribution in [1.82, 2.24) is 9.88 Å². The monoisotopic (exact) mass is 300 g/mol. The fourth-order valence-corrected chi connectivity index (χ4v) is 1.82. The smallest absolute Gasteiger partial charge is 0.250 e. The summed E-state index contributed by atoms with van der Waals surface area (Å²) in [6, 6.07) is 3.28. The minimum absolute atomic E-state index is 0.00536. The van der Waals surface area contributed by atoms with Gasteiger partial charge in [-0.25, -0.2) is 0 Å². The van der Waals surface area contributed by atoms with Crippen LogP contribution in [0.1, 0.15) is 26.2 Å². The Labute approximate surface area is 109 Å². The van der Waals surface area contributed by atoms with E-state index in [1.807, 2.05) is 6.92 Å². The van der Waals surface area contributed by atoms with Crippen molar-refractivity contribution in [1.29, 1.82) is 0 Å². The number of rotatable bonds is 6. The molecule has 0 unspecified atom stereocenters. The summed E-state index contributed by atoms with van der Waals surface area (Å²) >= 11 is 3.33.